The van der Waals surface area contributed by atoms with Gasteiger partial charge >= 0.3 is 0 Å². The lowest BCUT2D eigenvalue weighted by Crippen LogP contribution is -2.02. The zero-order valence-electron chi connectivity index (χ0n) is 7.40. The molecule has 0 amide bonds. The SMILES string of the molecule is O=CCc1cc(=O)c2ccccc2o1. The Labute approximate surface area is 80.0 Å². The van der Waals surface area contributed by atoms with Gasteiger partial charge in [0.15, 0.2) is 5.43 Å². The van der Waals surface area contributed by atoms with E-state index in [9.17, 15) is 9.59 Å². The van der Waals surface area contributed by atoms with Gasteiger partial charge in [-0.15, -0.1) is 0 Å². The minimum atomic E-state index is -0.108. The number of fused-ring (bicyclic) bond motifs is 1. The Hall–Kier alpha value is -1.90. The van der Waals surface area contributed by atoms with Crippen molar-refractivity contribution in [2.75, 3.05) is 0 Å². The third-order valence-electron chi connectivity index (χ3n) is 1.97. The van der Waals surface area contributed by atoms with Crippen LogP contribution in [0.2, 0.25) is 0 Å². The van der Waals surface area contributed by atoms with Gasteiger partial charge in [0.05, 0.1) is 11.8 Å². The van der Waals surface area contributed by atoms with E-state index in [2.05, 4.69) is 0 Å². The molecule has 0 radical (unpaired) electrons. The van der Waals surface area contributed by atoms with Crippen molar-refractivity contribution in [1.82, 2.24) is 0 Å². The lowest BCUT2D eigenvalue weighted by molar-refractivity contribution is -0.107. The van der Waals surface area contributed by atoms with Crippen LogP contribution < -0.4 is 5.43 Å². The first-order chi connectivity index (χ1) is 6.81. The molecule has 0 saturated heterocycles. The first-order valence-electron chi connectivity index (χ1n) is 4.26. The first kappa shape index (κ1) is 8.69. The third kappa shape index (κ3) is 1.44. The van der Waals surface area contributed by atoms with Crippen LogP contribution in [-0.2, 0) is 11.2 Å². The van der Waals surface area contributed by atoms with Gasteiger partial charge in [-0.3, -0.25) is 4.79 Å². The Morgan fingerprint density at radius 3 is 2.86 bits per heavy atom. The van der Waals surface area contributed by atoms with Crippen LogP contribution in [0.5, 0.6) is 0 Å². The van der Waals surface area contributed by atoms with Gasteiger partial charge in [0.25, 0.3) is 0 Å². The van der Waals surface area contributed by atoms with E-state index in [0.29, 0.717) is 23.0 Å². The van der Waals surface area contributed by atoms with E-state index < -0.39 is 0 Å². The van der Waals surface area contributed by atoms with Gasteiger partial charge in [-0.2, -0.15) is 0 Å². The van der Waals surface area contributed by atoms with Crippen LogP contribution in [0.3, 0.4) is 0 Å². The molecule has 3 heteroatoms. The second-order valence-corrected chi connectivity index (χ2v) is 2.94. The van der Waals surface area contributed by atoms with Gasteiger partial charge in [-0.25, -0.2) is 0 Å². The van der Waals surface area contributed by atoms with E-state index in [1.54, 1.807) is 24.3 Å². The molecule has 0 aliphatic rings. The molecule has 2 rings (SSSR count). The number of benzene rings is 1. The number of carbonyl (C=O) groups excluding carboxylic acids is 1. The standard InChI is InChI=1S/C11H8O3/c12-6-5-8-7-10(13)9-3-1-2-4-11(9)14-8/h1-4,6-7H,5H2. The quantitative estimate of drug-likeness (QED) is 0.671. The summed E-state index contributed by atoms with van der Waals surface area (Å²) in [6, 6.07) is 8.34. The topological polar surface area (TPSA) is 47.3 Å². The summed E-state index contributed by atoms with van der Waals surface area (Å²) < 4.78 is 5.35. The average Bonchev–Trinajstić information content (AvgIpc) is 2.18. The number of para-hydroxylation sites is 1. The van der Waals surface area contributed by atoms with Gasteiger partial charge in [-0.05, 0) is 12.1 Å². The molecule has 0 saturated carbocycles. The molecule has 14 heavy (non-hydrogen) atoms. The lowest BCUT2D eigenvalue weighted by Gasteiger charge is -1.98. The van der Waals surface area contributed by atoms with E-state index in [-0.39, 0.29) is 11.8 Å². The zero-order valence-corrected chi connectivity index (χ0v) is 7.40. The van der Waals surface area contributed by atoms with Crippen LogP contribution >= 0.6 is 0 Å². The fourth-order valence-electron chi connectivity index (χ4n) is 1.34. The van der Waals surface area contributed by atoms with E-state index in [4.69, 9.17) is 4.42 Å². The highest BCUT2D eigenvalue weighted by Gasteiger charge is 2.02. The molecule has 3 nitrogen and oxygen atoms in total. The normalized spacial score (nSPS) is 10.3. The predicted molar refractivity (Wildman–Crippen MR) is 52.3 cm³/mol. The Bertz CT molecular complexity index is 525. The molecule has 1 aromatic heterocycles. The summed E-state index contributed by atoms with van der Waals surface area (Å²) in [6.07, 6.45) is 0.854. The molecule has 0 fully saturated rings. The van der Waals surface area contributed by atoms with Gasteiger partial charge in [0.1, 0.15) is 17.6 Å². The van der Waals surface area contributed by atoms with E-state index in [1.807, 2.05) is 0 Å². The highest BCUT2D eigenvalue weighted by molar-refractivity contribution is 5.76. The average molecular weight is 188 g/mol. The molecule has 2 aromatic rings. The van der Waals surface area contributed by atoms with Crippen molar-refractivity contribution >= 4 is 17.3 Å². The predicted octanol–water partition coefficient (Wildman–Crippen LogP) is 1.53. The molecule has 0 bridgehead atoms. The summed E-state index contributed by atoms with van der Waals surface area (Å²) in [5, 5.41) is 0.544. The summed E-state index contributed by atoms with van der Waals surface area (Å²) in [6.45, 7) is 0. The number of aldehydes is 1. The molecule has 0 N–H and O–H groups in total. The van der Waals surface area contributed by atoms with Crippen molar-refractivity contribution in [3.8, 4) is 0 Å². The number of carbonyl (C=O) groups is 1. The highest BCUT2D eigenvalue weighted by Crippen LogP contribution is 2.11. The van der Waals surface area contributed by atoms with Crippen molar-refractivity contribution in [2.24, 2.45) is 0 Å². The Kier molecular flexibility index (Phi) is 2.14. The largest absolute Gasteiger partial charge is 0.460 e. The van der Waals surface area contributed by atoms with Gasteiger partial charge in [0, 0.05) is 6.07 Å². The second-order valence-electron chi connectivity index (χ2n) is 2.94. The second kappa shape index (κ2) is 3.46. The molecule has 1 heterocycles. The monoisotopic (exact) mass is 188 g/mol. The van der Waals surface area contributed by atoms with Crippen molar-refractivity contribution in [1.29, 1.82) is 0 Å². The fourth-order valence-corrected chi connectivity index (χ4v) is 1.34. The van der Waals surface area contributed by atoms with Crippen LogP contribution in [0.25, 0.3) is 11.0 Å². The third-order valence-corrected chi connectivity index (χ3v) is 1.97. The molecule has 0 unspecified atom stereocenters. The lowest BCUT2D eigenvalue weighted by atomic mass is 10.2. The number of rotatable bonds is 2. The molecular formula is C11H8O3. The minimum absolute atomic E-state index is 0.108. The van der Waals surface area contributed by atoms with Gasteiger partial charge < -0.3 is 9.21 Å². The van der Waals surface area contributed by atoms with E-state index in [1.165, 1.54) is 6.07 Å². The molecule has 0 atom stereocenters. The van der Waals surface area contributed by atoms with Crippen molar-refractivity contribution in [3.05, 3.63) is 46.3 Å². The summed E-state index contributed by atoms with van der Waals surface area (Å²) in [5.74, 6) is 0.406. The summed E-state index contributed by atoms with van der Waals surface area (Å²) >= 11 is 0. The zero-order chi connectivity index (χ0) is 9.97. The Balaban J connectivity index is 2.72. The van der Waals surface area contributed by atoms with Crippen LogP contribution in [0.15, 0.2) is 39.5 Å². The summed E-state index contributed by atoms with van der Waals surface area (Å²) in [5.41, 5.74) is 0.417. The number of hydrogen-bond donors (Lipinski definition) is 0. The van der Waals surface area contributed by atoms with E-state index >= 15 is 0 Å². The van der Waals surface area contributed by atoms with Crippen LogP contribution in [0.1, 0.15) is 5.76 Å². The molecule has 0 aliphatic heterocycles. The summed E-state index contributed by atoms with van der Waals surface area (Å²) in [4.78, 5) is 21.8. The van der Waals surface area contributed by atoms with Gasteiger partial charge in [-0.1, -0.05) is 12.1 Å². The minimum Gasteiger partial charge on any atom is -0.460 e. The van der Waals surface area contributed by atoms with Crippen molar-refractivity contribution < 1.29 is 9.21 Å². The van der Waals surface area contributed by atoms with Crippen molar-refractivity contribution in [2.45, 2.75) is 6.42 Å². The smallest absolute Gasteiger partial charge is 0.192 e. The number of hydrogen-bond acceptors (Lipinski definition) is 3. The molecule has 0 aliphatic carbocycles. The van der Waals surface area contributed by atoms with Gasteiger partial charge in [0.2, 0.25) is 0 Å². The first-order valence-corrected chi connectivity index (χ1v) is 4.26. The Morgan fingerprint density at radius 1 is 1.29 bits per heavy atom. The summed E-state index contributed by atoms with van der Waals surface area (Å²) in [7, 11) is 0. The fraction of sp³-hybridized carbons (Fsp3) is 0.0909. The highest BCUT2D eigenvalue weighted by atomic mass is 16.3. The maximum atomic E-state index is 11.5. The Morgan fingerprint density at radius 2 is 2.07 bits per heavy atom. The maximum Gasteiger partial charge on any atom is 0.192 e. The maximum absolute atomic E-state index is 11.5. The molecule has 0 spiro atoms. The molecular weight excluding hydrogens is 180 g/mol. The molecule has 70 valence electrons. The van der Waals surface area contributed by atoms with E-state index in [0.717, 1.165) is 0 Å². The van der Waals surface area contributed by atoms with Crippen LogP contribution in [0, 0.1) is 0 Å². The van der Waals surface area contributed by atoms with Crippen LogP contribution in [0.4, 0.5) is 0 Å². The van der Waals surface area contributed by atoms with Crippen molar-refractivity contribution in [3.63, 3.8) is 0 Å². The molecule has 1 aromatic carbocycles. The van der Waals surface area contributed by atoms with Crippen LogP contribution in [-0.4, -0.2) is 6.29 Å².